The first kappa shape index (κ1) is 14.4. The Balaban J connectivity index is 1.90. The molecule has 2 rings (SSSR count). The molecule has 0 spiro atoms. The average molecular weight is 288 g/mol. The molecule has 0 unspecified atom stereocenters. The number of amides is 1. The highest BCUT2D eigenvalue weighted by Crippen LogP contribution is 2.17. The lowest BCUT2D eigenvalue weighted by Gasteiger charge is -2.09. The van der Waals surface area contributed by atoms with Gasteiger partial charge in [-0.2, -0.15) is 4.83 Å². The zero-order valence-electron chi connectivity index (χ0n) is 11.3. The fourth-order valence-corrected chi connectivity index (χ4v) is 2.17. The molecule has 4 nitrogen and oxygen atoms in total. The normalized spacial score (nSPS) is 10.1. The molecule has 0 fully saturated rings. The van der Waals surface area contributed by atoms with Crippen LogP contribution < -0.4 is 15.0 Å². The zero-order valence-corrected chi connectivity index (χ0v) is 12.2. The molecule has 0 aliphatic heterocycles. The van der Waals surface area contributed by atoms with Crippen molar-refractivity contribution in [2.24, 2.45) is 0 Å². The molecule has 104 valence electrons. The molecule has 0 heterocycles. The number of carbonyl (C=O) groups is 1. The van der Waals surface area contributed by atoms with Gasteiger partial charge in [0.05, 0.1) is 12.7 Å². The SMILES string of the molecule is COc1ccccc1C(=O)NNSc1ccc(C)cc1. The van der Waals surface area contributed by atoms with Crippen molar-refractivity contribution >= 4 is 17.9 Å². The lowest BCUT2D eigenvalue weighted by Crippen LogP contribution is -2.32. The summed E-state index contributed by atoms with van der Waals surface area (Å²) in [7, 11) is 1.54. The summed E-state index contributed by atoms with van der Waals surface area (Å²) < 4.78 is 5.15. The first-order valence-corrected chi connectivity index (χ1v) is 6.94. The molecule has 0 aliphatic carbocycles. The summed E-state index contributed by atoms with van der Waals surface area (Å²) in [6.07, 6.45) is 0. The van der Waals surface area contributed by atoms with Gasteiger partial charge in [-0.25, -0.2) is 0 Å². The Hall–Kier alpha value is -1.98. The number of rotatable bonds is 5. The van der Waals surface area contributed by atoms with Crippen LogP contribution >= 0.6 is 11.9 Å². The molecule has 0 atom stereocenters. The molecule has 20 heavy (non-hydrogen) atoms. The Morgan fingerprint density at radius 2 is 1.80 bits per heavy atom. The Bertz CT molecular complexity index is 585. The summed E-state index contributed by atoms with van der Waals surface area (Å²) in [6.45, 7) is 2.03. The van der Waals surface area contributed by atoms with Gasteiger partial charge in [0.1, 0.15) is 5.75 Å². The van der Waals surface area contributed by atoms with Crippen molar-refractivity contribution in [1.29, 1.82) is 0 Å². The van der Waals surface area contributed by atoms with E-state index in [-0.39, 0.29) is 5.91 Å². The first-order chi connectivity index (χ1) is 9.70. The second-order valence-corrected chi connectivity index (χ2v) is 5.05. The standard InChI is InChI=1S/C15H16N2O2S/c1-11-7-9-12(10-8-11)20-17-16-15(18)13-5-3-4-6-14(13)19-2/h3-10,17H,1-2H3,(H,16,18). The van der Waals surface area contributed by atoms with E-state index in [0.29, 0.717) is 11.3 Å². The largest absolute Gasteiger partial charge is 0.496 e. The number of ether oxygens (including phenoxy) is 1. The van der Waals surface area contributed by atoms with Crippen molar-refractivity contribution < 1.29 is 9.53 Å². The molecular weight excluding hydrogens is 272 g/mol. The molecule has 0 saturated heterocycles. The van der Waals surface area contributed by atoms with Gasteiger partial charge in [-0.15, -0.1) is 0 Å². The summed E-state index contributed by atoms with van der Waals surface area (Å²) in [4.78, 5) is 15.9. The van der Waals surface area contributed by atoms with Crippen LogP contribution in [-0.4, -0.2) is 13.0 Å². The van der Waals surface area contributed by atoms with E-state index in [1.807, 2.05) is 37.3 Å². The van der Waals surface area contributed by atoms with Crippen molar-refractivity contribution in [3.05, 3.63) is 59.7 Å². The fourth-order valence-electron chi connectivity index (χ4n) is 1.64. The van der Waals surface area contributed by atoms with Crippen molar-refractivity contribution in [2.45, 2.75) is 11.8 Å². The maximum atomic E-state index is 12.0. The van der Waals surface area contributed by atoms with Gasteiger partial charge in [0.25, 0.3) is 5.91 Å². The van der Waals surface area contributed by atoms with Gasteiger partial charge in [0.2, 0.25) is 0 Å². The van der Waals surface area contributed by atoms with Crippen molar-refractivity contribution in [1.82, 2.24) is 10.3 Å². The van der Waals surface area contributed by atoms with Crippen molar-refractivity contribution in [3.63, 3.8) is 0 Å². The first-order valence-electron chi connectivity index (χ1n) is 6.12. The van der Waals surface area contributed by atoms with E-state index in [0.717, 1.165) is 4.90 Å². The Kier molecular flexibility index (Phi) is 5.03. The molecule has 0 aromatic heterocycles. The van der Waals surface area contributed by atoms with Crippen LogP contribution in [0, 0.1) is 6.92 Å². The van der Waals surface area contributed by atoms with E-state index in [4.69, 9.17) is 4.74 Å². The molecule has 0 radical (unpaired) electrons. The Morgan fingerprint density at radius 1 is 1.10 bits per heavy atom. The van der Waals surface area contributed by atoms with E-state index < -0.39 is 0 Å². The highest BCUT2D eigenvalue weighted by atomic mass is 32.2. The predicted molar refractivity (Wildman–Crippen MR) is 80.6 cm³/mol. The molecule has 0 saturated carbocycles. The van der Waals surface area contributed by atoms with Gasteiger partial charge in [-0.05, 0) is 43.1 Å². The fraction of sp³-hybridized carbons (Fsp3) is 0.133. The van der Waals surface area contributed by atoms with E-state index >= 15 is 0 Å². The monoisotopic (exact) mass is 288 g/mol. The molecule has 2 aromatic carbocycles. The number of hydrazine groups is 1. The maximum absolute atomic E-state index is 12.0. The third-order valence-corrected chi connectivity index (χ3v) is 3.42. The number of nitrogens with one attached hydrogen (secondary N) is 2. The summed E-state index contributed by atoms with van der Waals surface area (Å²) in [5, 5.41) is 0. The van der Waals surface area contributed by atoms with E-state index in [9.17, 15) is 4.79 Å². The quantitative estimate of drug-likeness (QED) is 0.656. The maximum Gasteiger partial charge on any atom is 0.269 e. The number of carbonyl (C=O) groups excluding carboxylic acids is 1. The number of hydrogen-bond donors (Lipinski definition) is 2. The number of hydrogen-bond acceptors (Lipinski definition) is 4. The number of para-hydroxylation sites is 1. The molecule has 0 bridgehead atoms. The van der Waals surface area contributed by atoms with Crippen LogP contribution in [0.3, 0.4) is 0 Å². The topological polar surface area (TPSA) is 50.4 Å². The minimum absolute atomic E-state index is 0.234. The second kappa shape index (κ2) is 6.98. The number of aryl methyl sites for hydroxylation is 1. The van der Waals surface area contributed by atoms with Crippen molar-refractivity contribution in [3.8, 4) is 5.75 Å². The average Bonchev–Trinajstić information content (AvgIpc) is 2.49. The lowest BCUT2D eigenvalue weighted by atomic mass is 10.2. The third kappa shape index (κ3) is 3.76. The van der Waals surface area contributed by atoms with Gasteiger partial charge >= 0.3 is 0 Å². The van der Waals surface area contributed by atoms with E-state index in [1.54, 1.807) is 25.3 Å². The van der Waals surface area contributed by atoms with Crippen LogP contribution in [0.15, 0.2) is 53.4 Å². The molecular formula is C15H16N2O2S. The van der Waals surface area contributed by atoms with Crippen LogP contribution in [0.25, 0.3) is 0 Å². The summed E-state index contributed by atoms with van der Waals surface area (Å²) >= 11 is 1.34. The van der Waals surface area contributed by atoms with Crippen molar-refractivity contribution in [2.75, 3.05) is 7.11 Å². The highest BCUT2D eigenvalue weighted by molar-refractivity contribution is 7.97. The molecule has 2 N–H and O–H groups in total. The molecule has 2 aromatic rings. The van der Waals surface area contributed by atoms with Crippen LogP contribution in [0.2, 0.25) is 0 Å². The van der Waals surface area contributed by atoms with Gasteiger partial charge < -0.3 is 4.74 Å². The van der Waals surface area contributed by atoms with Crippen LogP contribution in [0.5, 0.6) is 5.75 Å². The zero-order chi connectivity index (χ0) is 14.4. The van der Waals surface area contributed by atoms with Gasteiger partial charge in [0, 0.05) is 4.90 Å². The smallest absolute Gasteiger partial charge is 0.269 e. The molecule has 5 heteroatoms. The van der Waals surface area contributed by atoms with Gasteiger partial charge in [-0.3, -0.25) is 10.2 Å². The van der Waals surface area contributed by atoms with E-state index in [2.05, 4.69) is 10.3 Å². The molecule has 0 aliphatic rings. The number of benzene rings is 2. The van der Waals surface area contributed by atoms with Crippen LogP contribution in [0.4, 0.5) is 0 Å². The number of methoxy groups -OCH3 is 1. The van der Waals surface area contributed by atoms with Gasteiger partial charge in [0.15, 0.2) is 0 Å². The molecule has 1 amide bonds. The van der Waals surface area contributed by atoms with E-state index in [1.165, 1.54) is 17.5 Å². The highest BCUT2D eigenvalue weighted by Gasteiger charge is 2.10. The van der Waals surface area contributed by atoms with Crippen LogP contribution in [-0.2, 0) is 0 Å². The Morgan fingerprint density at radius 3 is 2.50 bits per heavy atom. The third-order valence-electron chi connectivity index (χ3n) is 2.71. The second-order valence-electron chi connectivity index (χ2n) is 4.17. The predicted octanol–water partition coefficient (Wildman–Crippen LogP) is 2.95. The summed E-state index contributed by atoms with van der Waals surface area (Å²) in [5.74, 6) is 0.314. The lowest BCUT2D eigenvalue weighted by molar-refractivity contribution is 0.0944. The van der Waals surface area contributed by atoms with Gasteiger partial charge in [-0.1, -0.05) is 29.8 Å². The Labute approximate surface area is 122 Å². The van der Waals surface area contributed by atoms with Crippen LogP contribution in [0.1, 0.15) is 15.9 Å². The minimum Gasteiger partial charge on any atom is -0.496 e. The minimum atomic E-state index is -0.234. The summed E-state index contributed by atoms with van der Waals surface area (Å²) in [5.41, 5.74) is 4.32. The summed E-state index contributed by atoms with van der Waals surface area (Å²) in [6, 6.07) is 15.1.